The van der Waals surface area contributed by atoms with Gasteiger partial charge >= 0.3 is 0 Å². The molecule has 0 aliphatic rings. The zero-order valence-corrected chi connectivity index (χ0v) is 12.4. The Hall–Kier alpha value is -1.87. The number of carbonyl (C=O) groups is 1. The Morgan fingerprint density at radius 2 is 2.14 bits per heavy atom. The molecule has 1 aromatic carbocycles. The average Bonchev–Trinajstić information content (AvgIpc) is 2.49. The lowest BCUT2D eigenvalue weighted by atomic mass is 10.0. The van der Waals surface area contributed by atoms with Gasteiger partial charge in [0, 0.05) is 19.2 Å². The van der Waals surface area contributed by atoms with Crippen LogP contribution in [0.25, 0.3) is 0 Å². The van der Waals surface area contributed by atoms with Crippen LogP contribution in [0.4, 0.5) is 0 Å². The number of nitrogens with one attached hydrogen (secondary N) is 1. The fourth-order valence-electron chi connectivity index (χ4n) is 1.67. The summed E-state index contributed by atoms with van der Waals surface area (Å²) in [6.07, 6.45) is 0. The Bertz CT molecular complexity index is 517. The molecule has 0 fully saturated rings. The highest BCUT2D eigenvalue weighted by atomic mass is 16.5. The molecule has 0 spiro atoms. The second-order valence-electron chi connectivity index (χ2n) is 4.37. The predicted octanol–water partition coefficient (Wildman–Crippen LogP) is 0.732. The molecule has 0 radical (unpaired) electrons. The fourth-order valence-corrected chi connectivity index (χ4v) is 1.67. The second-order valence-corrected chi connectivity index (χ2v) is 4.37. The maximum Gasteiger partial charge on any atom is 0.252 e. The van der Waals surface area contributed by atoms with Crippen molar-refractivity contribution in [3.8, 4) is 11.8 Å². The van der Waals surface area contributed by atoms with Crippen LogP contribution in [-0.4, -0.2) is 51.1 Å². The van der Waals surface area contributed by atoms with Gasteiger partial charge in [-0.1, -0.05) is 23.5 Å². The molecule has 5 heteroatoms. The highest BCUT2D eigenvalue weighted by Gasteiger charge is 2.09. The number of aliphatic hydroxyl groups is 1. The first-order chi connectivity index (χ1) is 10.2. The lowest BCUT2D eigenvalue weighted by Gasteiger charge is -2.08. The van der Waals surface area contributed by atoms with Gasteiger partial charge in [-0.3, -0.25) is 4.79 Å². The predicted molar refractivity (Wildman–Crippen MR) is 80.2 cm³/mol. The van der Waals surface area contributed by atoms with Crippen molar-refractivity contribution in [2.75, 3.05) is 40.1 Å². The van der Waals surface area contributed by atoms with Crippen molar-refractivity contribution in [3.63, 3.8) is 0 Å². The summed E-state index contributed by atoms with van der Waals surface area (Å²) in [6.45, 7) is 3.56. The van der Waals surface area contributed by atoms with Crippen LogP contribution in [0, 0.1) is 18.8 Å². The van der Waals surface area contributed by atoms with E-state index in [0.29, 0.717) is 37.5 Å². The van der Waals surface area contributed by atoms with Crippen molar-refractivity contribution in [2.24, 2.45) is 0 Å². The quantitative estimate of drug-likeness (QED) is 0.574. The van der Waals surface area contributed by atoms with E-state index in [9.17, 15) is 4.79 Å². The number of rotatable bonds is 7. The summed E-state index contributed by atoms with van der Waals surface area (Å²) < 4.78 is 10.1. The number of carbonyl (C=O) groups excluding carboxylic acids is 1. The van der Waals surface area contributed by atoms with E-state index in [2.05, 4.69) is 17.2 Å². The van der Waals surface area contributed by atoms with Gasteiger partial charge < -0.3 is 19.9 Å². The number of ether oxygens (including phenoxy) is 2. The molecule has 1 amide bonds. The van der Waals surface area contributed by atoms with Gasteiger partial charge in [0.1, 0.15) is 6.61 Å². The molecule has 0 aliphatic carbocycles. The number of benzene rings is 1. The molecule has 0 saturated carbocycles. The van der Waals surface area contributed by atoms with Crippen molar-refractivity contribution in [1.29, 1.82) is 0 Å². The highest BCUT2D eigenvalue weighted by Crippen LogP contribution is 2.10. The summed E-state index contributed by atoms with van der Waals surface area (Å²) in [7, 11) is 1.61. The van der Waals surface area contributed by atoms with Gasteiger partial charge in [-0.15, -0.1) is 0 Å². The van der Waals surface area contributed by atoms with E-state index in [4.69, 9.17) is 14.6 Å². The van der Waals surface area contributed by atoms with Gasteiger partial charge in [0.25, 0.3) is 5.91 Å². The van der Waals surface area contributed by atoms with E-state index < -0.39 is 0 Å². The number of amides is 1. The normalized spacial score (nSPS) is 9.86. The Balaban J connectivity index is 2.58. The van der Waals surface area contributed by atoms with Crippen molar-refractivity contribution in [1.82, 2.24) is 5.32 Å². The lowest BCUT2D eigenvalue weighted by molar-refractivity contribution is 0.0692. The summed E-state index contributed by atoms with van der Waals surface area (Å²) >= 11 is 0. The molecule has 0 atom stereocenters. The van der Waals surface area contributed by atoms with E-state index >= 15 is 0 Å². The van der Waals surface area contributed by atoms with E-state index in [0.717, 1.165) is 5.56 Å². The SMILES string of the molecule is COCCOCCNC(=O)c1cc(C)ccc1C#CCO. The highest BCUT2D eigenvalue weighted by molar-refractivity contribution is 5.96. The Kier molecular flexibility index (Phi) is 8.14. The summed E-state index contributed by atoms with van der Waals surface area (Å²) in [5, 5.41) is 11.5. The molecule has 1 rings (SSSR count). The summed E-state index contributed by atoms with van der Waals surface area (Å²) in [5.74, 6) is 5.14. The molecule has 0 unspecified atom stereocenters. The van der Waals surface area contributed by atoms with Crippen LogP contribution in [0.15, 0.2) is 18.2 Å². The van der Waals surface area contributed by atoms with E-state index in [-0.39, 0.29) is 12.5 Å². The molecule has 21 heavy (non-hydrogen) atoms. The molecular weight excluding hydrogens is 270 g/mol. The fraction of sp³-hybridized carbons (Fsp3) is 0.438. The first-order valence-corrected chi connectivity index (χ1v) is 6.74. The van der Waals surface area contributed by atoms with Crippen LogP contribution in [-0.2, 0) is 9.47 Å². The van der Waals surface area contributed by atoms with Gasteiger partial charge in [0.2, 0.25) is 0 Å². The van der Waals surface area contributed by atoms with Crippen molar-refractivity contribution >= 4 is 5.91 Å². The molecule has 114 valence electrons. The van der Waals surface area contributed by atoms with Crippen LogP contribution in [0.3, 0.4) is 0 Å². The average molecular weight is 291 g/mol. The minimum atomic E-state index is -0.234. The molecule has 0 aliphatic heterocycles. The smallest absolute Gasteiger partial charge is 0.252 e. The van der Waals surface area contributed by atoms with E-state index in [1.54, 1.807) is 19.2 Å². The maximum absolute atomic E-state index is 12.1. The molecule has 1 aromatic rings. The standard InChI is InChI=1S/C16H21NO4/c1-13-5-6-14(4-3-8-18)15(12-13)16(19)17-7-9-21-11-10-20-2/h5-6,12,18H,7-11H2,1-2H3,(H,17,19). The van der Waals surface area contributed by atoms with Crippen molar-refractivity contribution < 1.29 is 19.4 Å². The summed E-state index contributed by atoms with van der Waals surface area (Å²) in [5.41, 5.74) is 2.09. The van der Waals surface area contributed by atoms with Crippen LogP contribution in [0.5, 0.6) is 0 Å². The zero-order chi connectivity index (χ0) is 15.5. The van der Waals surface area contributed by atoms with Gasteiger partial charge in [0.15, 0.2) is 0 Å². The Labute approximate surface area is 125 Å². The van der Waals surface area contributed by atoms with Gasteiger partial charge in [-0.05, 0) is 19.1 Å². The monoisotopic (exact) mass is 291 g/mol. The number of methoxy groups -OCH3 is 1. The molecule has 0 saturated heterocycles. The molecule has 0 aromatic heterocycles. The maximum atomic E-state index is 12.1. The third-order valence-electron chi connectivity index (χ3n) is 2.69. The van der Waals surface area contributed by atoms with E-state index in [1.165, 1.54) is 0 Å². The van der Waals surface area contributed by atoms with Crippen LogP contribution < -0.4 is 5.32 Å². The Morgan fingerprint density at radius 3 is 2.86 bits per heavy atom. The zero-order valence-electron chi connectivity index (χ0n) is 12.4. The number of hydrogen-bond donors (Lipinski definition) is 2. The lowest BCUT2D eigenvalue weighted by Crippen LogP contribution is -2.28. The van der Waals surface area contributed by atoms with Crippen LogP contribution in [0.1, 0.15) is 21.5 Å². The van der Waals surface area contributed by atoms with Crippen molar-refractivity contribution in [2.45, 2.75) is 6.92 Å². The molecule has 0 heterocycles. The number of hydrogen-bond acceptors (Lipinski definition) is 4. The molecule has 0 bridgehead atoms. The third-order valence-corrected chi connectivity index (χ3v) is 2.69. The van der Waals surface area contributed by atoms with Gasteiger partial charge in [-0.25, -0.2) is 0 Å². The van der Waals surface area contributed by atoms with Crippen LogP contribution in [0.2, 0.25) is 0 Å². The number of aryl methyl sites for hydroxylation is 1. The largest absolute Gasteiger partial charge is 0.384 e. The third kappa shape index (κ3) is 6.41. The molecular formula is C16H21NO4. The van der Waals surface area contributed by atoms with Gasteiger partial charge in [0.05, 0.1) is 25.4 Å². The Morgan fingerprint density at radius 1 is 1.33 bits per heavy atom. The minimum Gasteiger partial charge on any atom is -0.384 e. The number of aliphatic hydroxyl groups excluding tert-OH is 1. The first kappa shape index (κ1) is 17.2. The summed E-state index contributed by atoms with van der Waals surface area (Å²) in [6, 6.07) is 5.44. The summed E-state index contributed by atoms with van der Waals surface area (Å²) in [4.78, 5) is 12.1. The first-order valence-electron chi connectivity index (χ1n) is 6.74. The topological polar surface area (TPSA) is 67.8 Å². The van der Waals surface area contributed by atoms with Crippen molar-refractivity contribution in [3.05, 3.63) is 34.9 Å². The van der Waals surface area contributed by atoms with Gasteiger partial charge in [-0.2, -0.15) is 0 Å². The van der Waals surface area contributed by atoms with Crippen LogP contribution >= 0.6 is 0 Å². The minimum absolute atomic E-state index is 0.198. The van der Waals surface area contributed by atoms with E-state index in [1.807, 2.05) is 13.0 Å². The molecule has 2 N–H and O–H groups in total. The second kappa shape index (κ2) is 9.94. The molecule has 5 nitrogen and oxygen atoms in total.